The molecule has 3 nitrogen and oxygen atoms in total. The molecular weight excluding hydrogens is 236 g/mol. The van der Waals surface area contributed by atoms with Crippen LogP contribution in [0.4, 0.5) is 0 Å². The minimum Gasteiger partial charge on any atom is -0.340 e. The molecule has 1 amide bonds. The summed E-state index contributed by atoms with van der Waals surface area (Å²) in [6.07, 6.45) is 2.69. The van der Waals surface area contributed by atoms with Crippen LogP contribution in [0.1, 0.15) is 30.9 Å². The molecule has 1 N–H and O–H groups in total. The highest BCUT2D eigenvalue weighted by atomic mass is 16.2. The van der Waals surface area contributed by atoms with Crippen LogP contribution in [0, 0.1) is 6.92 Å². The van der Waals surface area contributed by atoms with Crippen molar-refractivity contribution in [3.63, 3.8) is 0 Å². The quantitative estimate of drug-likeness (QED) is 0.899. The van der Waals surface area contributed by atoms with Gasteiger partial charge in [0.2, 0.25) is 5.91 Å². The number of rotatable bonds is 4. The summed E-state index contributed by atoms with van der Waals surface area (Å²) in [6, 6.07) is 8.58. The zero-order chi connectivity index (χ0) is 13.7. The molecule has 1 aromatic rings. The molecule has 2 rings (SSSR count). The lowest BCUT2D eigenvalue weighted by Crippen LogP contribution is -2.46. The number of hydrogen-bond donors (Lipinski definition) is 1. The SMILES string of the molecule is CCN(C(=O)Cc1ccccc1C)C1CCNCC1. The molecule has 3 heteroatoms. The van der Waals surface area contributed by atoms with Crippen molar-refractivity contribution in [2.24, 2.45) is 0 Å². The summed E-state index contributed by atoms with van der Waals surface area (Å²) in [5.74, 6) is 0.267. The second-order valence-corrected chi connectivity index (χ2v) is 5.26. The maximum Gasteiger partial charge on any atom is 0.227 e. The molecule has 0 unspecified atom stereocenters. The number of amides is 1. The smallest absolute Gasteiger partial charge is 0.227 e. The van der Waals surface area contributed by atoms with Gasteiger partial charge in [-0.2, -0.15) is 0 Å². The summed E-state index contributed by atoms with van der Waals surface area (Å²) in [4.78, 5) is 14.6. The number of likely N-dealkylation sites (N-methyl/N-ethyl adjacent to an activating group) is 1. The summed E-state index contributed by atoms with van der Waals surface area (Å²) < 4.78 is 0. The fraction of sp³-hybridized carbons (Fsp3) is 0.562. The Balaban J connectivity index is 2.02. The first kappa shape index (κ1) is 14.1. The maximum absolute atomic E-state index is 12.5. The number of nitrogens with one attached hydrogen (secondary N) is 1. The number of carbonyl (C=O) groups excluding carboxylic acids is 1. The highest BCUT2D eigenvalue weighted by Gasteiger charge is 2.24. The fourth-order valence-electron chi connectivity index (χ4n) is 2.83. The molecule has 19 heavy (non-hydrogen) atoms. The van der Waals surface area contributed by atoms with E-state index in [0.29, 0.717) is 12.5 Å². The van der Waals surface area contributed by atoms with Crippen molar-refractivity contribution >= 4 is 5.91 Å². The number of nitrogens with zero attached hydrogens (tertiary/aromatic N) is 1. The van der Waals surface area contributed by atoms with Crippen LogP contribution in [-0.2, 0) is 11.2 Å². The second kappa shape index (κ2) is 6.71. The molecule has 0 aromatic heterocycles. The van der Waals surface area contributed by atoms with Gasteiger partial charge in [0.25, 0.3) is 0 Å². The van der Waals surface area contributed by atoms with Gasteiger partial charge in [0, 0.05) is 12.6 Å². The Kier molecular flexibility index (Phi) is 4.97. The lowest BCUT2D eigenvalue weighted by molar-refractivity contribution is -0.133. The first-order chi connectivity index (χ1) is 9.22. The minimum atomic E-state index is 0.267. The Labute approximate surface area is 116 Å². The van der Waals surface area contributed by atoms with Gasteiger partial charge in [0.1, 0.15) is 0 Å². The summed E-state index contributed by atoms with van der Waals surface area (Å²) in [5, 5.41) is 3.35. The normalized spacial score (nSPS) is 16.3. The molecule has 1 saturated heterocycles. The molecule has 0 atom stereocenters. The van der Waals surface area contributed by atoms with E-state index in [1.807, 2.05) is 12.1 Å². The summed E-state index contributed by atoms with van der Waals surface area (Å²) in [7, 11) is 0. The topological polar surface area (TPSA) is 32.3 Å². The summed E-state index contributed by atoms with van der Waals surface area (Å²) in [6.45, 7) is 7.02. The van der Waals surface area contributed by atoms with Crippen LogP contribution in [0.25, 0.3) is 0 Å². The molecule has 0 saturated carbocycles. The van der Waals surface area contributed by atoms with Gasteiger partial charge in [0.15, 0.2) is 0 Å². The maximum atomic E-state index is 12.5. The van der Waals surface area contributed by atoms with Crippen LogP contribution in [0.2, 0.25) is 0 Å². The van der Waals surface area contributed by atoms with E-state index in [-0.39, 0.29) is 5.91 Å². The van der Waals surface area contributed by atoms with Gasteiger partial charge >= 0.3 is 0 Å². The molecule has 104 valence electrons. The van der Waals surface area contributed by atoms with E-state index in [4.69, 9.17) is 0 Å². The largest absolute Gasteiger partial charge is 0.340 e. The van der Waals surface area contributed by atoms with E-state index in [9.17, 15) is 4.79 Å². The van der Waals surface area contributed by atoms with Crippen LogP contribution < -0.4 is 5.32 Å². The highest BCUT2D eigenvalue weighted by molar-refractivity contribution is 5.79. The lowest BCUT2D eigenvalue weighted by Gasteiger charge is -2.34. The Morgan fingerprint density at radius 3 is 2.63 bits per heavy atom. The Morgan fingerprint density at radius 2 is 2.00 bits per heavy atom. The third kappa shape index (κ3) is 3.57. The zero-order valence-electron chi connectivity index (χ0n) is 12.0. The van der Waals surface area contributed by atoms with Crippen LogP contribution in [0.15, 0.2) is 24.3 Å². The standard InChI is InChI=1S/C16H24N2O/c1-3-18(15-8-10-17-11-9-15)16(19)12-14-7-5-4-6-13(14)2/h4-7,15,17H,3,8-12H2,1-2H3. The van der Waals surface area contributed by atoms with E-state index in [2.05, 4.69) is 36.2 Å². The van der Waals surface area contributed by atoms with E-state index in [0.717, 1.165) is 38.0 Å². The average molecular weight is 260 g/mol. The van der Waals surface area contributed by atoms with Crippen LogP contribution >= 0.6 is 0 Å². The van der Waals surface area contributed by atoms with Crippen LogP contribution in [-0.4, -0.2) is 36.5 Å². The van der Waals surface area contributed by atoms with Gasteiger partial charge in [-0.15, -0.1) is 0 Å². The third-order valence-electron chi connectivity index (χ3n) is 4.01. The van der Waals surface area contributed by atoms with Gasteiger partial charge in [0.05, 0.1) is 6.42 Å². The molecule has 1 aromatic carbocycles. The van der Waals surface area contributed by atoms with E-state index < -0.39 is 0 Å². The van der Waals surface area contributed by atoms with Crippen LogP contribution in [0.5, 0.6) is 0 Å². The first-order valence-electron chi connectivity index (χ1n) is 7.27. The minimum absolute atomic E-state index is 0.267. The Bertz CT molecular complexity index is 425. The molecule has 1 aliphatic rings. The average Bonchev–Trinajstić information content (AvgIpc) is 2.43. The number of hydrogen-bond acceptors (Lipinski definition) is 2. The third-order valence-corrected chi connectivity index (χ3v) is 4.01. The van der Waals surface area contributed by atoms with Crippen molar-refractivity contribution in [2.45, 2.75) is 39.2 Å². The molecule has 1 aliphatic heterocycles. The monoisotopic (exact) mass is 260 g/mol. The first-order valence-corrected chi connectivity index (χ1v) is 7.27. The van der Waals surface area contributed by atoms with Gasteiger partial charge < -0.3 is 10.2 Å². The number of piperidine rings is 1. The zero-order valence-corrected chi connectivity index (χ0v) is 12.0. The van der Waals surface area contributed by atoms with Crippen LogP contribution in [0.3, 0.4) is 0 Å². The van der Waals surface area contributed by atoms with Crippen molar-refractivity contribution in [1.82, 2.24) is 10.2 Å². The van der Waals surface area contributed by atoms with Gasteiger partial charge in [-0.1, -0.05) is 24.3 Å². The number of aryl methyl sites for hydroxylation is 1. The number of carbonyl (C=O) groups is 1. The van der Waals surface area contributed by atoms with E-state index in [1.165, 1.54) is 5.56 Å². The van der Waals surface area contributed by atoms with Gasteiger partial charge in [-0.25, -0.2) is 0 Å². The van der Waals surface area contributed by atoms with Gasteiger partial charge in [-0.05, 0) is 50.9 Å². The van der Waals surface area contributed by atoms with Crippen molar-refractivity contribution in [3.8, 4) is 0 Å². The van der Waals surface area contributed by atoms with Crippen molar-refractivity contribution < 1.29 is 4.79 Å². The van der Waals surface area contributed by atoms with Crippen molar-refractivity contribution in [2.75, 3.05) is 19.6 Å². The molecule has 1 fully saturated rings. The molecule has 0 spiro atoms. The predicted octanol–water partition coefficient (Wildman–Crippen LogP) is 2.14. The summed E-state index contributed by atoms with van der Waals surface area (Å²) >= 11 is 0. The van der Waals surface area contributed by atoms with Gasteiger partial charge in [-0.3, -0.25) is 4.79 Å². The van der Waals surface area contributed by atoms with Crippen molar-refractivity contribution in [3.05, 3.63) is 35.4 Å². The second-order valence-electron chi connectivity index (χ2n) is 5.26. The molecule has 0 radical (unpaired) electrons. The molecular formula is C16H24N2O. The lowest BCUT2D eigenvalue weighted by atomic mass is 10.0. The Morgan fingerprint density at radius 1 is 1.32 bits per heavy atom. The summed E-state index contributed by atoms with van der Waals surface area (Å²) in [5.41, 5.74) is 2.36. The molecule has 0 aliphatic carbocycles. The van der Waals surface area contributed by atoms with E-state index in [1.54, 1.807) is 0 Å². The molecule has 1 heterocycles. The molecule has 0 bridgehead atoms. The van der Waals surface area contributed by atoms with E-state index >= 15 is 0 Å². The predicted molar refractivity (Wildman–Crippen MR) is 78.2 cm³/mol. The Hall–Kier alpha value is -1.35. The van der Waals surface area contributed by atoms with Crippen molar-refractivity contribution in [1.29, 1.82) is 0 Å². The fourth-order valence-corrected chi connectivity index (χ4v) is 2.83. The number of benzene rings is 1. The highest BCUT2D eigenvalue weighted by Crippen LogP contribution is 2.15.